The van der Waals surface area contributed by atoms with Crippen LogP contribution in [0.2, 0.25) is 0 Å². The third-order valence-electron chi connectivity index (χ3n) is 2.99. The number of hydrogen-bond donors (Lipinski definition) is 2. The minimum Gasteiger partial charge on any atom is -0.495 e. The number of halogens is 1. The number of nitro groups is 1. The Balaban J connectivity index is 2.15. The van der Waals surface area contributed by atoms with Gasteiger partial charge in [-0.2, -0.15) is 0 Å². The summed E-state index contributed by atoms with van der Waals surface area (Å²) in [4.78, 5) is 22.2. The first-order valence-electron chi connectivity index (χ1n) is 6.61. The molecule has 0 aliphatic heterocycles. The molecule has 0 aliphatic carbocycles. The standard InChI is InChI=1S/C15H12FN3O4S/c1-23-13-7-6-9(19(21)22)8-12(13)17-15(24)18-14(20)10-4-2-3-5-11(10)16/h2-8H,1H3,(H2,17,18,20,24). The third-order valence-corrected chi connectivity index (χ3v) is 3.19. The van der Waals surface area contributed by atoms with Crippen molar-refractivity contribution in [2.45, 2.75) is 0 Å². The number of hydrogen-bond acceptors (Lipinski definition) is 5. The Morgan fingerprint density at radius 1 is 1.29 bits per heavy atom. The number of carbonyl (C=O) groups excluding carboxylic acids is 1. The van der Waals surface area contributed by atoms with E-state index in [4.69, 9.17) is 17.0 Å². The Kier molecular flexibility index (Phi) is 5.38. The summed E-state index contributed by atoms with van der Waals surface area (Å²) in [6.07, 6.45) is 0. The van der Waals surface area contributed by atoms with Gasteiger partial charge in [0.25, 0.3) is 11.6 Å². The molecule has 0 heterocycles. The number of amides is 1. The summed E-state index contributed by atoms with van der Waals surface area (Å²) in [6, 6.07) is 9.29. The minimum absolute atomic E-state index is 0.151. The van der Waals surface area contributed by atoms with E-state index in [1.165, 1.54) is 43.5 Å². The fraction of sp³-hybridized carbons (Fsp3) is 0.0667. The number of non-ortho nitro benzene ring substituents is 1. The van der Waals surface area contributed by atoms with Gasteiger partial charge in [-0.1, -0.05) is 12.1 Å². The van der Waals surface area contributed by atoms with Crippen LogP contribution in [0.25, 0.3) is 0 Å². The Hall–Kier alpha value is -3.07. The summed E-state index contributed by atoms with van der Waals surface area (Å²) in [5.74, 6) is -1.14. The molecule has 2 N–H and O–H groups in total. The van der Waals surface area contributed by atoms with Crippen LogP contribution in [0.15, 0.2) is 42.5 Å². The average Bonchev–Trinajstić information content (AvgIpc) is 2.54. The largest absolute Gasteiger partial charge is 0.495 e. The van der Waals surface area contributed by atoms with Gasteiger partial charge in [0.15, 0.2) is 5.11 Å². The number of nitrogens with one attached hydrogen (secondary N) is 2. The van der Waals surface area contributed by atoms with Crippen molar-refractivity contribution in [3.8, 4) is 5.75 Å². The third kappa shape index (κ3) is 4.02. The van der Waals surface area contributed by atoms with Gasteiger partial charge in [0.2, 0.25) is 0 Å². The molecule has 2 rings (SSSR count). The monoisotopic (exact) mass is 349 g/mol. The van der Waals surface area contributed by atoms with Gasteiger partial charge in [0.1, 0.15) is 11.6 Å². The molecule has 0 atom stereocenters. The van der Waals surface area contributed by atoms with Gasteiger partial charge in [0, 0.05) is 12.1 Å². The molecular weight excluding hydrogens is 337 g/mol. The zero-order valence-corrected chi connectivity index (χ0v) is 13.2. The van der Waals surface area contributed by atoms with Gasteiger partial charge in [-0.15, -0.1) is 0 Å². The van der Waals surface area contributed by atoms with Crippen molar-refractivity contribution < 1.29 is 18.8 Å². The van der Waals surface area contributed by atoms with E-state index in [1.807, 2.05) is 0 Å². The van der Waals surface area contributed by atoms with Crippen LogP contribution in [0, 0.1) is 15.9 Å². The molecule has 0 aromatic heterocycles. The van der Waals surface area contributed by atoms with Crippen LogP contribution in [0.3, 0.4) is 0 Å². The highest BCUT2D eigenvalue weighted by atomic mass is 32.1. The van der Waals surface area contributed by atoms with Gasteiger partial charge in [-0.3, -0.25) is 20.2 Å². The second kappa shape index (κ2) is 7.47. The molecule has 0 radical (unpaired) electrons. The van der Waals surface area contributed by atoms with E-state index >= 15 is 0 Å². The normalized spacial score (nSPS) is 9.92. The van der Waals surface area contributed by atoms with E-state index in [0.29, 0.717) is 5.75 Å². The lowest BCUT2D eigenvalue weighted by Gasteiger charge is -2.12. The average molecular weight is 349 g/mol. The molecule has 0 bridgehead atoms. The molecule has 1 amide bonds. The molecule has 0 unspecified atom stereocenters. The second-order valence-corrected chi connectivity index (χ2v) is 4.94. The Labute approximate surface area is 141 Å². The molecular formula is C15H12FN3O4S. The molecule has 0 saturated heterocycles. The summed E-state index contributed by atoms with van der Waals surface area (Å²) >= 11 is 4.98. The number of anilines is 1. The molecule has 2 aromatic carbocycles. The minimum atomic E-state index is -0.741. The Morgan fingerprint density at radius 2 is 2.00 bits per heavy atom. The van der Waals surface area contributed by atoms with Gasteiger partial charge in [-0.25, -0.2) is 4.39 Å². The van der Waals surface area contributed by atoms with Crippen LogP contribution in [-0.2, 0) is 0 Å². The van der Waals surface area contributed by atoms with E-state index in [1.54, 1.807) is 0 Å². The molecule has 124 valence electrons. The number of thiocarbonyl (C=S) groups is 1. The number of methoxy groups -OCH3 is 1. The molecule has 0 aliphatic rings. The van der Waals surface area contributed by atoms with Crippen LogP contribution in [0.4, 0.5) is 15.8 Å². The van der Waals surface area contributed by atoms with Gasteiger partial charge >= 0.3 is 0 Å². The van der Waals surface area contributed by atoms with Crippen molar-refractivity contribution in [1.82, 2.24) is 5.32 Å². The van der Waals surface area contributed by atoms with Gasteiger partial charge in [-0.05, 0) is 30.4 Å². The topological polar surface area (TPSA) is 93.5 Å². The van der Waals surface area contributed by atoms with Crippen molar-refractivity contribution in [1.29, 1.82) is 0 Å². The lowest BCUT2D eigenvalue weighted by molar-refractivity contribution is -0.384. The first kappa shape index (κ1) is 17.3. The number of nitrogens with zero attached hydrogens (tertiary/aromatic N) is 1. The van der Waals surface area contributed by atoms with Gasteiger partial charge in [0.05, 0.1) is 23.3 Å². The van der Waals surface area contributed by atoms with Crippen molar-refractivity contribution in [3.05, 3.63) is 64.0 Å². The maximum atomic E-state index is 13.6. The summed E-state index contributed by atoms with van der Waals surface area (Å²) < 4.78 is 18.6. The van der Waals surface area contributed by atoms with Crippen LogP contribution in [0.5, 0.6) is 5.75 Å². The molecule has 0 fully saturated rings. The maximum absolute atomic E-state index is 13.6. The predicted octanol–water partition coefficient (Wildman–Crippen LogP) is 2.87. The number of ether oxygens (including phenoxy) is 1. The Morgan fingerprint density at radius 3 is 2.62 bits per heavy atom. The van der Waals surface area contributed by atoms with E-state index in [2.05, 4.69) is 10.6 Å². The SMILES string of the molecule is COc1ccc([N+](=O)[O-])cc1NC(=S)NC(=O)c1ccccc1F. The number of nitro benzene ring substituents is 1. The number of rotatable bonds is 4. The van der Waals surface area contributed by atoms with Crippen LogP contribution >= 0.6 is 12.2 Å². The van der Waals surface area contributed by atoms with E-state index < -0.39 is 16.6 Å². The highest BCUT2D eigenvalue weighted by Gasteiger charge is 2.15. The smallest absolute Gasteiger partial charge is 0.271 e. The summed E-state index contributed by atoms with van der Waals surface area (Å²) in [6.45, 7) is 0. The first-order chi connectivity index (χ1) is 11.4. The van der Waals surface area contributed by atoms with Crippen molar-refractivity contribution >= 4 is 34.6 Å². The van der Waals surface area contributed by atoms with Crippen LogP contribution < -0.4 is 15.4 Å². The maximum Gasteiger partial charge on any atom is 0.271 e. The zero-order valence-electron chi connectivity index (χ0n) is 12.4. The fourth-order valence-electron chi connectivity index (χ4n) is 1.88. The zero-order chi connectivity index (χ0) is 17.7. The van der Waals surface area contributed by atoms with E-state index in [9.17, 15) is 19.3 Å². The second-order valence-electron chi connectivity index (χ2n) is 4.53. The first-order valence-corrected chi connectivity index (χ1v) is 7.02. The molecule has 24 heavy (non-hydrogen) atoms. The van der Waals surface area contributed by atoms with E-state index in [0.717, 1.165) is 6.07 Å². The van der Waals surface area contributed by atoms with Gasteiger partial charge < -0.3 is 10.1 Å². The van der Waals surface area contributed by atoms with Crippen LogP contribution in [0.1, 0.15) is 10.4 Å². The van der Waals surface area contributed by atoms with Crippen LogP contribution in [-0.4, -0.2) is 23.1 Å². The molecule has 0 saturated carbocycles. The Bertz CT molecular complexity index is 813. The molecule has 9 heteroatoms. The summed E-state index contributed by atoms with van der Waals surface area (Å²) in [7, 11) is 1.38. The lowest BCUT2D eigenvalue weighted by atomic mass is 10.2. The highest BCUT2D eigenvalue weighted by Crippen LogP contribution is 2.28. The predicted molar refractivity (Wildman–Crippen MR) is 89.7 cm³/mol. The fourth-order valence-corrected chi connectivity index (χ4v) is 2.08. The molecule has 2 aromatic rings. The quantitative estimate of drug-likeness (QED) is 0.501. The number of benzene rings is 2. The highest BCUT2D eigenvalue weighted by molar-refractivity contribution is 7.80. The summed E-state index contributed by atoms with van der Waals surface area (Å²) in [5, 5.41) is 15.6. The van der Waals surface area contributed by atoms with Crippen molar-refractivity contribution in [2.75, 3.05) is 12.4 Å². The lowest BCUT2D eigenvalue weighted by Crippen LogP contribution is -2.34. The van der Waals surface area contributed by atoms with Crippen molar-refractivity contribution in [3.63, 3.8) is 0 Å². The molecule has 7 nitrogen and oxygen atoms in total. The number of carbonyl (C=O) groups is 1. The molecule has 0 spiro atoms. The summed E-state index contributed by atoms with van der Waals surface area (Å²) in [5.41, 5.74) is -0.153. The van der Waals surface area contributed by atoms with E-state index in [-0.39, 0.29) is 22.1 Å². The van der Waals surface area contributed by atoms with Crippen molar-refractivity contribution in [2.24, 2.45) is 0 Å².